The number of hydrogen-bond acceptors (Lipinski definition) is 1. The molecule has 0 aliphatic rings. The highest BCUT2D eigenvalue weighted by Crippen LogP contribution is 2.31. The fourth-order valence-electron chi connectivity index (χ4n) is 1.44. The van der Waals surface area contributed by atoms with Crippen molar-refractivity contribution in [3.63, 3.8) is 0 Å². The van der Waals surface area contributed by atoms with Gasteiger partial charge in [-0.25, -0.2) is 4.39 Å². The molecule has 0 bridgehead atoms. The first-order chi connectivity index (χ1) is 6.00. The Morgan fingerprint density at radius 3 is 2.31 bits per heavy atom. The van der Waals surface area contributed by atoms with E-state index >= 15 is 0 Å². The first-order valence-electron chi connectivity index (χ1n) is 4.23. The summed E-state index contributed by atoms with van der Waals surface area (Å²) in [7, 11) is 0. The van der Waals surface area contributed by atoms with E-state index in [1.165, 1.54) is 0 Å². The first-order valence-corrected chi connectivity index (χ1v) is 4.61. The number of nitrogens with two attached hydrogens (primary N) is 1. The SMILES string of the molecule is CCc1c(C)c(N)c(C)c(F)c1Cl. The molecule has 1 rings (SSSR count). The van der Waals surface area contributed by atoms with E-state index in [2.05, 4.69) is 0 Å². The van der Waals surface area contributed by atoms with Crippen LogP contribution in [0.4, 0.5) is 10.1 Å². The lowest BCUT2D eigenvalue weighted by molar-refractivity contribution is 0.617. The molecule has 1 aromatic rings. The van der Waals surface area contributed by atoms with Gasteiger partial charge in [0, 0.05) is 11.3 Å². The van der Waals surface area contributed by atoms with Gasteiger partial charge in [0.25, 0.3) is 0 Å². The van der Waals surface area contributed by atoms with Crippen molar-refractivity contribution in [2.24, 2.45) is 0 Å². The molecular formula is C10H13ClFN. The maximum atomic E-state index is 13.4. The number of benzene rings is 1. The first kappa shape index (κ1) is 10.3. The van der Waals surface area contributed by atoms with Crippen molar-refractivity contribution in [1.29, 1.82) is 0 Å². The van der Waals surface area contributed by atoms with Gasteiger partial charge in [-0.05, 0) is 31.4 Å². The number of hydrogen-bond donors (Lipinski definition) is 1. The topological polar surface area (TPSA) is 26.0 Å². The molecule has 0 spiro atoms. The van der Waals surface area contributed by atoms with E-state index in [0.717, 1.165) is 11.1 Å². The Morgan fingerprint density at radius 2 is 1.85 bits per heavy atom. The second-order valence-corrected chi connectivity index (χ2v) is 3.50. The minimum Gasteiger partial charge on any atom is -0.398 e. The summed E-state index contributed by atoms with van der Waals surface area (Å²) in [5.41, 5.74) is 8.39. The van der Waals surface area contributed by atoms with E-state index < -0.39 is 0 Å². The molecule has 0 saturated carbocycles. The van der Waals surface area contributed by atoms with E-state index in [1.54, 1.807) is 6.92 Å². The van der Waals surface area contributed by atoms with Crippen LogP contribution in [0.1, 0.15) is 23.6 Å². The fraction of sp³-hybridized carbons (Fsp3) is 0.400. The minimum absolute atomic E-state index is 0.215. The smallest absolute Gasteiger partial charge is 0.147 e. The summed E-state index contributed by atoms with van der Waals surface area (Å²) in [6.45, 7) is 5.44. The van der Waals surface area contributed by atoms with Gasteiger partial charge in [0.1, 0.15) is 5.82 Å². The summed E-state index contributed by atoms with van der Waals surface area (Å²) in [5, 5.41) is 0.215. The van der Waals surface area contributed by atoms with Crippen LogP contribution < -0.4 is 5.73 Å². The zero-order chi connectivity index (χ0) is 10.2. The average Bonchev–Trinajstić information content (AvgIpc) is 2.13. The van der Waals surface area contributed by atoms with Gasteiger partial charge in [0.2, 0.25) is 0 Å². The fourth-order valence-corrected chi connectivity index (χ4v) is 1.86. The third-order valence-electron chi connectivity index (χ3n) is 2.40. The predicted molar refractivity (Wildman–Crippen MR) is 54.7 cm³/mol. The van der Waals surface area contributed by atoms with Crippen molar-refractivity contribution in [3.05, 3.63) is 27.5 Å². The molecule has 1 nitrogen and oxygen atoms in total. The van der Waals surface area contributed by atoms with Crippen LogP contribution in [0.2, 0.25) is 5.02 Å². The molecule has 0 unspecified atom stereocenters. The Balaban J connectivity index is 3.56. The number of anilines is 1. The molecule has 0 amide bonds. The van der Waals surface area contributed by atoms with Crippen LogP contribution in [0.25, 0.3) is 0 Å². The molecule has 0 aliphatic carbocycles. The maximum absolute atomic E-state index is 13.4. The molecule has 1 aromatic carbocycles. The molecule has 0 aliphatic heterocycles. The molecule has 72 valence electrons. The highest BCUT2D eigenvalue weighted by Gasteiger charge is 2.15. The van der Waals surface area contributed by atoms with Gasteiger partial charge in [-0.2, -0.15) is 0 Å². The summed E-state index contributed by atoms with van der Waals surface area (Å²) < 4.78 is 13.4. The Morgan fingerprint density at radius 1 is 1.31 bits per heavy atom. The Kier molecular flexibility index (Phi) is 2.81. The summed E-state index contributed by atoms with van der Waals surface area (Å²) in [6.07, 6.45) is 0.700. The molecule has 2 N–H and O–H groups in total. The lowest BCUT2D eigenvalue weighted by Crippen LogP contribution is -2.02. The minimum atomic E-state index is -0.387. The lowest BCUT2D eigenvalue weighted by atomic mass is 10.0. The van der Waals surface area contributed by atoms with Crippen LogP contribution in [-0.2, 0) is 6.42 Å². The molecule has 13 heavy (non-hydrogen) atoms. The highest BCUT2D eigenvalue weighted by molar-refractivity contribution is 6.31. The number of halogens is 2. The second kappa shape index (κ2) is 3.54. The number of rotatable bonds is 1. The van der Waals surface area contributed by atoms with Crippen molar-refractivity contribution >= 4 is 17.3 Å². The maximum Gasteiger partial charge on any atom is 0.147 e. The molecule has 0 saturated heterocycles. The predicted octanol–water partition coefficient (Wildman–Crippen LogP) is 3.24. The molecule has 0 fully saturated rings. The van der Waals surface area contributed by atoms with E-state index in [0.29, 0.717) is 17.7 Å². The van der Waals surface area contributed by atoms with Crippen molar-refractivity contribution < 1.29 is 4.39 Å². The van der Waals surface area contributed by atoms with Crippen LogP contribution in [-0.4, -0.2) is 0 Å². The third-order valence-corrected chi connectivity index (χ3v) is 2.80. The van der Waals surface area contributed by atoms with Crippen molar-refractivity contribution in [3.8, 4) is 0 Å². The van der Waals surface area contributed by atoms with Crippen LogP contribution >= 0.6 is 11.6 Å². The van der Waals surface area contributed by atoms with E-state index in [1.807, 2.05) is 13.8 Å². The van der Waals surface area contributed by atoms with Crippen LogP contribution in [0.3, 0.4) is 0 Å². The van der Waals surface area contributed by atoms with Gasteiger partial charge in [-0.15, -0.1) is 0 Å². The van der Waals surface area contributed by atoms with E-state index in [9.17, 15) is 4.39 Å². The van der Waals surface area contributed by atoms with Crippen molar-refractivity contribution in [2.45, 2.75) is 27.2 Å². The summed E-state index contributed by atoms with van der Waals surface area (Å²) in [5.74, 6) is -0.387. The third kappa shape index (κ3) is 1.51. The van der Waals surface area contributed by atoms with Gasteiger partial charge >= 0.3 is 0 Å². The largest absolute Gasteiger partial charge is 0.398 e. The van der Waals surface area contributed by atoms with Gasteiger partial charge in [0.05, 0.1) is 5.02 Å². The molecule has 3 heteroatoms. The Bertz CT molecular complexity index is 318. The standard InChI is InChI=1S/C10H13ClFN/c1-4-7-5(2)10(13)6(3)9(12)8(7)11/h4,13H2,1-3H3. The van der Waals surface area contributed by atoms with Gasteiger partial charge in [-0.1, -0.05) is 18.5 Å². The summed E-state index contributed by atoms with van der Waals surface area (Å²) in [4.78, 5) is 0. The van der Waals surface area contributed by atoms with Crippen LogP contribution in [0.15, 0.2) is 0 Å². The van der Waals surface area contributed by atoms with Gasteiger partial charge in [0.15, 0.2) is 0 Å². The van der Waals surface area contributed by atoms with E-state index in [4.69, 9.17) is 17.3 Å². The summed E-state index contributed by atoms with van der Waals surface area (Å²) in [6, 6.07) is 0. The second-order valence-electron chi connectivity index (χ2n) is 3.12. The molecule has 0 atom stereocenters. The Hall–Kier alpha value is -0.760. The van der Waals surface area contributed by atoms with Crippen molar-refractivity contribution in [2.75, 3.05) is 5.73 Å². The van der Waals surface area contributed by atoms with Gasteiger partial charge < -0.3 is 5.73 Å². The lowest BCUT2D eigenvalue weighted by Gasteiger charge is -2.13. The molecular weight excluding hydrogens is 189 g/mol. The zero-order valence-electron chi connectivity index (χ0n) is 8.04. The van der Waals surface area contributed by atoms with Crippen LogP contribution in [0.5, 0.6) is 0 Å². The molecule has 0 radical (unpaired) electrons. The zero-order valence-corrected chi connectivity index (χ0v) is 8.80. The Labute approximate surface area is 82.7 Å². The molecule has 0 heterocycles. The molecule has 0 aromatic heterocycles. The van der Waals surface area contributed by atoms with Crippen LogP contribution in [0, 0.1) is 19.7 Å². The summed E-state index contributed by atoms with van der Waals surface area (Å²) >= 11 is 5.85. The monoisotopic (exact) mass is 201 g/mol. The average molecular weight is 202 g/mol. The van der Waals surface area contributed by atoms with Gasteiger partial charge in [-0.3, -0.25) is 0 Å². The van der Waals surface area contributed by atoms with E-state index in [-0.39, 0.29) is 10.8 Å². The quantitative estimate of drug-likeness (QED) is 0.694. The highest BCUT2D eigenvalue weighted by atomic mass is 35.5. The van der Waals surface area contributed by atoms with Crippen molar-refractivity contribution in [1.82, 2.24) is 0 Å². The number of nitrogen functional groups attached to an aromatic ring is 1. The normalized spacial score (nSPS) is 10.5.